The molecule has 3 heteroatoms. The Labute approximate surface area is 76.4 Å². The summed E-state index contributed by atoms with van der Waals surface area (Å²) in [5.41, 5.74) is 1.07. The molecule has 0 aromatic rings. The third-order valence-corrected chi connectivity index (χ3v) is 2.30. The molecule has 0 saturated heterocycles. The fourth-order valence-electron chi connectivity index (χ4n) is 1.23. The molecule has 0 heterocycles. The third-order valence-electron chi connectivity index (χ3n) is 2.30. The molecule has 0 N–H and O–H groups in total. The first-order valence-corrected chi connectivity index (χ1v) is 3.88. The smallest absolute Gasteiger partial charge is 0.200 e. The van der Waals surface area contributed by atoms with E-state index in [0.29, 0.717) is 11.1 Å². The van der Waals surface area contributed by atoms with Gasteiger partial charge in [0.25, 0.3) is 0 Å². The second-order valence-electron chi connectivity index (χ2n) is 3.02. The summed E-state index contributed by atoms with van der Waals surface area (Å²) in [6, 6.07) is 1.76. The van der Waals surface area contributed by atoms with Crippen LogP contribution in [0.3, 0.4) is 0 Å². The number of carbonyl (C=O) groups is 2. The molecule has 3 nitrogen and oxygen atoms in total. The van der Waals surface area contributed by atoms with Crippen LogP contribution in [-0.4, -0.2) is 11.6 Å². The monoisotopic (exact) mass is 175 g/mol. The number of allylic oxidation sites excluding steroid dienone is 4. The Hall–Kier alpha value is -1.69. The van der Waals surface area contributed by atoms with Gasteiger partial charge in [-0.25, -0.2) is 0 Å². The number of nitrogens with zero attached hydrogens (tertiary/aromatic N) is 1. The van der Waals surface area contributed by atoms with E-state index < -0.39 is 0 Å². The summed E-state index contributed by atoms with van der Waals surface area (Å²) in [5, 5.41) is 8.65. The molecule has 0 amide bonds. The summed E-state index contributed by atoms with van der Waals surface area (Å²) in [6.07, 6.45) is 0. The average Bonchev–Trinajstić information content (AvgIpc) is 2.13. The van der Waals surface area contributed by atoms with Crippen molar-refractivity contribution in [3.05, 3.63) is 22.3 Å². The average molecular weight is 175 g/mol. The number of hydrogen-bond acceptors (Lipinski definition) is 3. The largest absolute Gasteiger partial charge is 0.289 e. The molecule has 0 atom stereocenters. The highest BCUT2D eigenvalue weighted by Gasteiger charge is 2.27. The van der Waals surface area contributed by atoms with Gasteiger partial charge in [0.2, 0.25) is 0 Å². The zero-order valence-corrected chi connectivity index (χ0v) is 7.76. The van der Waals surface area contributed by atoms with Crippen LogP contribution in [-0.2, 0) is 9.59 Å². The molecule has 1 rings (SSSR count). The van der Waals surface area contributed by atoms with Gasteiger partial charge < -0.3 is 0 Å². The highest BCUT2D eigenvalue weighted by Crippen LogP contribution is 2.23. The zero-order valence-electron chi connectivity index (χ0n) is 7.76. The van der Waals surface area contributed by atoms with Crippen LogP contribution in [0, 0.1) is 11.3 Å². The summed E-state index contributed by atoms with van der Waals surface area (Å²) in [7, 11) is 0. The molecule has 0 fully saturated rings. The van der Waals surface area contributed by atoms with Gasteiger partial charge in [0.15, 0.2) is 11.6 Å². The van der Waals surface area contributed by atoms with Crippen molar-refractivity contribution in [1.82, 2.24) is 0 Å². The van der Waals surface area contributed by atoms with Gasteiger partial charge >= 0.3 is 0 Å². The van der Waals surface area contributed by atoms with E-state index in [1.807, 2.05) is 0 Å². The Bertz CT molecular complexity index is 405. The van der Waals surface area contributed by atoms with E-state index in [2.05, 4.69) is 0 Å². The summed E-state index contributed by atoms with van der Waals surface area (Å²) in [4.78, 5) is 22.9. The summed E-state index contributed by atoms with van der Waals surface area (Å²) in [6.45, 7) is 4.68. The van der Waals surface area contributed by atoms with Crippen molar-refractivity contribution in [2.45, 2.75) is 20.8 Å². The maximum Gasteiger partial charge on any atom is 0.200 e. The molecule has 1 aliphatic rings. The van der Waals surface area contributed by atoms with Gasteiger partial charge in [-0.1, -0.05) is 0 Å². The minimum absolute atomic E-state index is 0.0203. The van der Waals surface area contributed by atoms with Gasteiger partial charge in [-0.05, 0) is 20.8 Å². The molecule has 1 aliphatic carbocycles. The van der Waals surface area contributed by atoms with Crippen LogP contribution >= 0.6 is 0 Å². The molecule has 66 valence electrons. The van der Waals surface area contributed by atoms with Gasteiger partial charge in [-0.15, -0.1) is 0 Å². The lowest BCUT2D eigenvalue weighted by Crippen LogP contribution is -2.19. The number of nitriles is 1. The van der Waals surface area contributed by atoms with Gasteiger partial charge in [0, 0.05) is 16.7 Å². The minimum Gasteiger partial charge on any atom is -0.289 e. The third kappa shape index (κ3) is 1.20. The summed E-state index contributed by atoms with van der Waals surface area (Å²) >= 11 is 0. The zero-order chi connectivity index (χ0) is 10.2. The van der Waals surface area contributed by atoms with Crippen LogP contribution in [0.2, 0.25) is 0 Å². The molecule has 0 saturated carbocycles. The number of rotatable bonds is 0. The number of ketones is 2. The van der Waals surface area contributed by atoms with Gasteiger partial charge in [0.1, 0.15) is 11.6 Å². The van der Waals surface area contributed by atoms with E-state index in [1.165, 1.54) is 6.92 Å². The Morgan fingerprint density at radius 3 is 1.85 bits per heavy atom. The minimum atomic E-state index is -0.322. The summed E-state index contributed by atoms with van der Waals surface area (Å²) in [5.74, 6) is -0.522. The first-order valence-electron chi connectivity index (χ1n) is 3.88. The van der Waals surface area contributed by atoms with Crippen LogP contribution < -0.4 is 0 Å². The van der Waals surface area contributed by atoms with E-state index in [-0.39, 0.29) is 22.7 Å². The Balaban J connectivity index is 3.40. The van der Waals surface area contributed by atoms with Crippen molar-refractivity contribution >= 4 is 11.6 Å². The molecule has 0 unspecified atom stereocenters. The Morgan fingerprint density at radius 1 is 0.923 bits per heavy atom. The predicted molar refractivity (Wildman–Crippen MR) is 46.7 cm³/mol. The van der Waals surface area contributed by atoms with Gasteiger partial charge in [-0.2, -0.15) is 5.26 Å². The van der Waals surface area contributed by atoms with E-state index >= 15 is 0 Å². The van der Waals surface area contributed by atoms with Crippen molar-refractivity contribution in [3.8, 4) is 6.07 Å². The van der Waals surface area contributed by atoms with Gasteiger partial charge in [-0.3, -0.25) is 9.59 Å². The summed E-state index contributed by atoms with van der Waals surface area (Å²) < 4.78 is 0. The molecule has 0 aromatic carbocycles. The van der Waals surface area contributed by atoms with Crippen LogP contribution in [0.5, 0.6) is 0 Å². The van der Waals surface area contributed by atoms with Crippen LogP contribution in [0.1, 0.15) is 20.8 Å². The molecular formula is C10H9NO2. The van der Waals surface area contributed by atoms with E-state index in [1.54, 1.807) is 19.9 Å². The van der Waals surface area contributed by atoms with Crippen molar-refractivity contribution in [2.75, 3.05) is 0 Å². The lowest BCUT2D eigenvalue weighted by molar-refractivity contribution is -0.116. The van der Waals surface area contributed by atoms with Gasteiger partial charge in [0.05, 0.1) is 0 Å². The lowest BCUT2D eigenvalue weighted by Gasteiger charge is -2.13. The van der Waals surface area contributed by atoms with Crippen LogP contribution in [0.4, 0.5) is 0 Å². The van der Waals surface area contributed by atoms with Crippen LogP contribution in [0.15, 0.2) is 22.3 Å². The highest BCUT2D eigenvalue weighted by molar-refractivity contribution is 6.26. The Morgan fingerprint density at radius 2 is 1.38 bits per heavy atom. The molecule has 0 aliphatic heterocycles. The molecule has 0 radical (unpaired) electrons. The quantitative estimate of drug-likeness (QED) is 0.521. The first kappa shape index (κ1) is 9.40. The second-order valence-corrected chi connectivity index (χ2v) is 3.02. The SMILES string of the molecule is CC1=C(C)C(=O)C(C#N)=C(C)C1=O. The maximum atomic E-state index is 11.4. The fraction of sp³-hybridized carbons (Fsp3) is 0.300. The highest BCUT2D eigenvalue weighted by atomic mass is 16.1. The standard InChI is InChI=1S/C10H9NO2/c1-5-6(2)10(13)8(4-11)7(3)9(5)12/h1-3H3. The fourth-order valence-corrected chi connectivity index (χ4v) is 1.23. The number of hydrogen-bond donors (Lipinski definition) is 0. The van der Waals surface area contributed by atoms with Crippen LogP contribution in [0.25, 0.3) is 0 Å². The van der Waals surface area contributed by atoms with Crippen molar-refractivity contribution in [3.63, 3.8) is 0 Å². The normalized spacial score (nSPS) is 18.0. The first-order chi connectivity index (χ1) is 6.00. The van der Waals surface area contributed by atoms with E-state index in [0.717, 1.165) is 0 Å². The topological polar surface area (TPSA) is 57.9 Å². The number of Topliss-reactive ketones (excluding diaryl/α,β-unsaturated/α-hetero) is 2. The van der Waals surface area contributed by atoms with Crippen molar-refractivity contribution < 1.29 is 9.59 Å². The predicted octanol–water partition coefficient (Wildman–Crippen LogP) is 1.31. The second kappa shape index (κ2) is 2.98. The number of carbonyl (C=O) groups excluding carboxylic acids is 2. The molecular weight excluding hydrogens is 166 g/mol. The lowest BCUT2D eigenvalue weighted by atomic mass is 9.87. The Kier molecular flexibility index (Phi) is 2.16. The molecule has 0 spiro atoms. The van der Waals surface area contributed by atoms with Crippen molar-refractivity contribution in [2.24, 2.45) is 0 Å². The van der Waals surface area contributed by atoms with E-state index in [4.69, 9.17) is 5.26 Å². The van der Waals surface area contributed by atoms with Crippen molar-refractivity contribution in [1.29, 1.82) is 5.26 Å². The molecule has 0 aromatic heterocycles. The molecule has 0 bridgehead atoms. The van der Waals surface area contributed by atoms with E-state index in [9.17, 15) is 9.59 Å². The maximum absolute atomic E-state index is 11.4. The molecule has 13 heavy (non-hydrogen) atoms.